The molecule has 0 spiro atoms. The van der Waals surface area contributed by atoms with E-state index in [9.17, 15) is 8.42 Å². The van der Waals surface area contributed by atoms with Crippen molar-refractivity contribution >= 4 is 15.7 Å². The maximum atomic E-state index is 12.5. The molecule has 1 aromatic rings. The summed E-state index contributed by atoms with van der Waals surface area (Å²) >= 11 is 0. The summed E-state index contributed by atoms with van der Waals surface area (Å²) in [7, 11) is -3.29. The first kappa shape index (κ1) is 13.9. The van der Waals surface area contributed by atoms with Gasteiger partial charge in [0, 0.05) is 31.9 Å². The molecule has 3 rings (SSSR count). The molecule has 2 heterocycles. The van der Waals surface area contributed by atoms with Crippen LogP contribution in [0.25, 0.3) is 0 Å². The summed E-state index contributed by atoms with van der Waals surface area (Å²) in [5.41, 5.74) is 1.14. The molecule has 2 fully saturated rings. The van der Waals surface area contributed by atoms with Gasteiger partial charge in [0.25, 0.3) is 0 Å². The second-order valence-corrected chi connectivity index (χ2v) is 7.59. The van der Waals surface area contributed by atoms with Crippen molar-refractivity contribution < 1.29 is 8.42 Å². The molecule has 0 amide bonds. The van der Waals surface area contributed by atoms with Crippen LogP contribution in [0, 0.1) is 0 Å². The summed E-state index contributed by atoms with van der Waals surface area (Å²) in [6, 6.07) is 7.42. The highest BCUT2D eigenvalue weighted by Gasteiger charge is 2.26. The van der Waals surface area contributed by atoms with Crippen LogP contribution in [0.4, 0.5) is 5.69 Å². The van der Waals surface area contributed by atoms with E-state index in [4.69, 9.17) is 0 Å². The van der Waals surface area contributed by atoms with Crippen molar-refractivity contribution in [2.75, 3.05) is 31.1 Å². The summed E-state index contributed by atoms with van der Waals surface area (Å²) in [5.74, 6) is 0. The van der Waals surface area contributed by atoms with Gasteiger partial charge in [0.05, 0.1) is 4.90 Å². The van der Waals surface area contributed by atoms with Gasteiger partial charge in [0.15, 0.2) is 0 Å². The third kappa shape index (κ3) is 2.69. The maximum Gasteiger partial charge on any atom is 0.243 e. The second kappa shape index (κ2) is 5.74. The Bertz CT molecular complexity index is 542. The minimum Gasteiger partial charge on any atom is -0.372 e. The van der Waals surface area contributed by atoms with Crippen LogP contribution < -0.4 is 4.90 Å². The first-order chi connectivity index (χ1) is 9.68. The Labute approximate surface area is 121 Å². The minimum absolute atomic E-state index is 0.433. The summed E-state index contributed by atoms with van der Waals surface area (Å²) in [6.45, 7) is 3.49. The Balaban J connectivity index is 1.79. The van der Waals surface area contributed by atoms with Crippen molar-refractivity contribution in [2.24, 2.45) is 0 Å². The normalized spacial score (nSPS) is 21.3. The molecule has 0 aliphatic carbocycles. The van der Waals surface area contributed by atoms with Crippen LogP contribution in [-0.4, -0.2) is 38.9 Å². The molecule has 1 aromatic carbocycles. The molecule has 5 heteroatoms. The number of rotatable bonds is 3. The number of anilines is 1. The molecule has 0 saturated carbocycles. The van der Waals surface area contributed by atoms with Crippen LogP contribution in [0.15, 0.2) is 29.2 Å². The lowest BCUT2D eigenvalue weighted by atomic mass is 10.2. The zero-order valence-corrected chi connectivity index (χ0v) is 12.6. The quantitative estimate of drug-likeness (QED) is 0.860. The van der Waals surface area contributed by atoms with Crippen LogP contribution in [0.3, 0.4) is 0 Å². The standard InChI is InChI=1S/C15H22N2O2S/c18-20(19,17-12-2-1-3-13-17)15-8-6-14(7-9-15)16-10-4-5-11-16/h6-9H,1-5,10-13H2. The molecule has 0 N–H and O–H groups in total. The highest BCUT2D eigenvalue weighted by atomic mass is 32.2. The van der Waals surface area contributed by atoms with Gasteiger partial charge in [0.2, 0.25) is 10.0 Å². The van der Waals surface area contributed by atoms with E-state index in [1.165, 1.54) is 12.8 Å². The summed E-state index contributed by atoms with van der Waals surface area (Å²) in [4.78, 5) is 2.75. The number of benzene rings is 1. The van der Waals surface area contributed by atoms with Gasteiger partial charge >= 0.3 is 0 Å². The number of sulfonamides is 1. The van der Waals surface area contributed by atoms with E-state index >= 15 is 0 Å². The molecule has 20 heavy (non-hydrogen) atoms. The fraction of sp³-hybridized carbons (Fsp3) is 0.600. The number of nitrogens with zero attached hydrogens (tertiary/aromatic N) is 2. The molecule has 110 valence electrons. The first-order valence-corrected chi connectivity index (χ1v) is 8.97. The summed E-state index contributed by atoms with van der Waals surface area (Å²) in [6.07, 6.45) is 5.55. The van der Waals surface area contributed by atoms with E-state index in [-0.39, 0.29) is 0 Å². The molecular formula is C15H22N2O2S. The van der Waals surface area contributed by atoms with Crippen LogP contribution in [0.2, 0.25) is 0 Å². The predicted molar refractivity (Wildman–Crippen MR) is 80.5 cm³/mol. The Morgan fingerprint density at radius 3 is 1.90 bits per heavy atom. The van der Waals surface area contributed by atoms with Crippen LogP contribution in [0.5, 0.6) is 0 Å². The van der Waals surface area contributed by atoms with E-state index in [1.807, 2.05) is 12.1 Å². The van der Waals surface area contributed by atoms with Gasteiger partial charge in [-0.05, 0) is 49.9 Å². The molecule has 0 unspecified atom stereocenters. The molecule has 0 atom stereocenters. The third-order valence-corrected chi connectivity index (χ3v) is 6.17. The Hall–Kier alpha value is -1.07. The maximum absolute atomic E-state index is 12.5. The van der Waals surface area contributed by atoms with Crippen LogP contribution in [0.1, 0.15) is 32.1 Å². The zero-order valence-electron chi connectivity index (χ0n) is 11.8. The van der Waals surface area contributed by atoms with E-state index in [2.05, 4.69) is 4.90 Å². The van der Waals surface area contributed by atoms with Crippen molar-refractivity contribution in [3.8, 4) is 0 Å². The zero-order chi connectivity index (χ0) is 14.0. The molecule has 4 nitrogen and oxygen atoms in total. The smallest absolute Gasteiger partial charge is 0.243 e. The lowest BCUT2D eigenvalue weighted by Gasteiger charge is -2.26. The third-order valence-electron chi connectivity index (χ3n) is 4.26. The van der Waals surface area contributed by atoms with Gasteiger partial charge < -0.3 is 4.90 Å². The molecule has 0 radical (unpaired) electrons. The largest absolute Gasteiger partial charge is 0.372 e. The fourth-order valence-electron chi connectivity index (χ4n) is 3.06. The first-order valence-electron chi connectivity index (χ1n) is 7.53. The SMILES string of the molecule is O=S(=O)(c1ccc(N2CCCC2)cc1)N1CCCCC1. The van der Waals surface area contributed by atoms with Gasteiger partial charge in [-0.1, -0.05) is 6.42 Å². The van der Waals surface area contributed by atoms with Crippen molar-refractivity contribution in [2.45, 2.75) is 37.0 Å². The minimum atomic E-state index is -3.29. The Morgan fingerprint density at radius 2 is 1.30 bits per heavy atom. The monoisotopic (exact) mass is 294 g/mol. The molecular weight excluding hydrogens is 272 g/mol. The van der Waals surface area contributed by atoms with Gasteiger partial charge in [-0.25, -0.2) is 8.42 Å². The van der Waals surface area contributed by atoms with Gasteiger partial charge in [0.1, 0.15) is 0 Å². The van der Waals surface area contributed by atoms with Gasteiger partial charge in [-0.2, -0.15) is 4.31 Å². The summed E-state index contributed by atoms with van der Waals surface area (Å²) < 4.78 is 26.7. The molecule has 0 aromatic heterocycles. The Kier molecular flexibility index (Phi) is 3.98. The summed E-state index contributed by atoms with van der Waals surface area (Å²) in [5, 5.41) is 0. The lowest BCUT2D eigenvalue weighted by molar-refractivity contribution is 0.346. The van der Waals surface area contributed by atoms with Crippen molar-refractivity contribution in [1.29, 1.82) is 0 Å². The fourth-order valence-corrected chi connectivity index (χ4v) is 4.58. The molecule has 2 saturated heterocycles. The van der Waals surface area contributed by atoms with Crippen LogP contribution >= 0.6 is 0 Å². The van der Waals surface area contributed by atoms with E-state index < -0.39 is 10.0 Å². The average Bonchev–Trinajstić information content (AvgIpc) is 3.02. The molecule has 0 bridgehead atoms. The topological polar surface area (TPSA) is 40.6 Å². The highest BCUT2D eigenvalue weighted by Crippen LogP contribution is 2.25. The molecule has 2 aliphatic heterocycles. The Morgan fingerprint density at radius 1 is 0.750 bits per heavy atom. The van der Waals surface area contributed by atoms with Gasteiger partial charge in [-0.15, -0.1) is 0 Å². The number of hydrogen-bond donors (Lipinski definition) is 0. The second-order valence-electron chi connectivity index (χ2n) is 5.65. The number of piperidine rings is 1. The van der Waals surface area contributed by atoms with Gasteiger partial charge in [-0.3, -0.25) is 0 Å². The van der Waals surface area contributed by atoms with Crippen molar-refractivity contribution in [1.82, 2.24) is 4.31 Å². The molecule has 2 aliphatic rings. The highest BCUT2D eigenvalue weighted by molar-refractivity contribution is 7.89. The van der Waals surface area contributed by atoms with E-state index in [0.29, 0.717) is 18.0 Å². The lowest BCUT2D eigenvalue weighted by Crippen LogP contribution is -2.35. The van der Waals surface area contributed by atoms with Crippen molar-refractivity contribution in [3.05, 3.63) is 24.3 Å². The van der Waals surface area contributed by atoms with E-state index in [0.717, 1.165) is 38.0 Å². The van der Waals surface area contributed by atoms with Crippen LogP contribution in [-0.2, 0) is 10.0 Å². The predicted octanol–water partition coefficient (Wildman–Crippen LogP) is 2.46. The average molecular weight is 294 g/mol. The van der Waals surface area contributed by atoms with Crippen molar-refractivity contribution in [3.63, 3.8) is 0 Å². The van der Waals surface area contributed by atoms with E-state index in [1.54, 1.807) is 16.4 Å². The number of hydrogen-bond acceptors (Lipinski definition) is 3.